The Labute approximate surface area is 173 Å². The van der Waals surface area contributed by atoms with Crippen LogP contribution < -0.4 is 5.69 Å². The van der Waals surface area contributed by atoms with Crippen molar-refractivity contribution in [3.05, 3.63) is 64.7 Å². The number of imidazole rings is 1. The number of hydrogen-bond donors (Lipinski definition) is 0. The molecule has 0 radical (unpaired) electrons. The van der Waals surface area contributed by atoms with Gasteiger partial charge in [0, 0.05) is 31.2 Å². The lowest BCUT2D eigenvalue weighted by Crippen LogP contribution is -2.19. The summed E-state index contributed by atoms with van der Waals surface area (Å²) in [5, 5.41) is 3.59. The van der Waals surface area contributed by atoms with Crippen LogP contribution in [0.5, 0.6) is 0 Å². The Kier molecular flexibility index (Phi) is 3.77. The Bertz CT molecular complexity index is 1480. The summed E-state index contributed by atoms with van der Waals surface area (Å²) in [5.41, 5.74) is 4.43. The number of pyridine rings is 1. The summed E-state index contributed by atoms with van der Waals surface area (Å²) in [7, 11) is 3.67. The van der Waals surface area contributed by atoms with Crippen LogP contribution >= 0.6 is 11.3 Å². The van der Waals surface area contributed by atoms with Crippen LogP contribution in [-0.4, -0.2) is 14.1 Å². The maximum Gasteiger partial charge on any atom is 0.329 e. The molecule has 0 amide bonds. The number of aromatic nitrogens is 3. The van der Waals surface area contributed by atoms with Crippen molar-refractivity contribution in [2.24, 2.45) is 14.1 Å². The van der Waals surface area contributed by atoms with Gasteiger partial charge in [-0.25, -0.2) is 4.79 Å². The predicted molar refractivity (Wildman–Crippen MR) is 123 cm³/mol. The van der Waals surface area contributed by atoms with Gasteiger partial charge in [-0.05, 0) is 39.9 Å². The van der Waals surface area contributed by atoms with E-state index in [9.17, 15) is 4.79 Å². The molecule has 0 saturated heterocycles. The van der Waals surface area contributed by atoms with E-state index in [2.05, 4.69) is 57.2 Å². The first-order chi connectivity index (χ1) is 13.8. The van der Waals surface area contributed by atoms with Gasteiger partial charge in [0.25, 0.3) is 0 Å². The lowest BCUT2D eigenvalue weighted by atomic mass is 9.82. The maximum absolute atomic E-state index is 12.4. The minimum Gasteiger partial charge on any atom is -0.294 e. The van der Waals surface area contributed by atoms with Crippen LogP contribution in [-0.2, 0) is 19.5 Å². The molecule has 0 aliphatic rings. The standard InChI is InChI=1S/C24H23N3OS/c1-24(2,3)18-13-15(12-14-8-6-7-9-16(14)18)19-21-17(10-11-25-19)20-22(29-21)27(5)23(28)26(20)4/h6-13H,1-5H3. The molecule has 0 unspecified atom stereocenters. The highest BCUT2D eigenvalue weighted by Crippen LogP contribution is 2.40. The lowest BCUT2D eigenvalue weighted by Gasteiger charge is -2.22. The summed E-state index contributed by atoms with van der Waals surface area (Å²) in [4.78, 5) is 18.1. The van der Waals surface area contributed by atoms with Crippen LogP contribution in [0.2, 0.25) is 0 Å². The van der Waals surface area contributed by atoms with Crippen molar-refractivity contribution in [3.8, 4) is 11.3 Å². The Morgan fingerprint density at radius 3 is 2.48 bits per heavy atom. The molecule has 0 atom stereocenters. The Balaban J connectivity index is 1.88. The molecular weight excluding hydrogens is 378 g/mol. The highest BCUT2D eigenvalue weighted by molar-refractivity contribution is 7.26. The van der Waals surface area contributed by atoms with Crippen molar-refractivity contribution in [1.29, 1.82) is 0 Å². The highest BCUT2D eigenvalue weighted by atomic mass is 32.1. The van der Waals surface area contributed by atoms with Gasteiger partial charge in [-0.3, -0.25) is 14.1 Å². The van der Waals surface area contributed by atoms with Gasteiger partial charge in [0.1, 0.15) is 4.83 Å². The van der Waals surface area contributed by atoms with Crippen molar-refractivity contribution in [1.82, 2.24) is 14.1 Å². The minimum atomic E-state index is 0.00670. The van der Waals surface area contributed by atoms with Gasteiger partial charge in [0.2, 0.25) is 0 Å². The zero-order valence-electron chi connectivity index (χ0n) is 17.3. The number of nitrogens with zero attached hydrogens (tertiary/aromatic N) is 3. The summed E-state index contributed by atoms with van der Waals surface area (Å²) in [6.45, 7) is 6.76. The normalized spacial score (nSPS) is 12.4. The monoisotopic (exact) mass is 401 g/mol. The van der Waals surface area contributed by atoms with Gasteiger partial charge in [-0.2, -0.15) is 0 Å². The SMILES string of the molecule is Cn1c(=O)n(C)c2c3ccnc(-c4cc(C(C)(C)C)c5ccccc5c4)c3sc21. The molecule has 29 heavy (non-hydrogen) atoms. The molecule has 0 saturated carbocycles. The first kappa shape index (κ1) is 18.1. The number of rotatable bonds is 1. The third-order valence-corrected chi connectivity index (χ3v) is 7.00. The largest absolute Gasteiger partial charge is 0.329 e. The molecule has 4 nitrogen and oxygen atoms in total. The molecule has 0 aliphatic heterocycles. The second-order valence-electron chi connectivity index (χ2n) is 8.69. The average Bonchev–Trinajstić information content (AvgIpc) is 3.18. The van der Waals surface area contributed by atoms with Gasteiger partial charge in [-0.15, -0.1) is 11.3 Å². The highest BCUT2D eigenvalue weighted by Gasteiger charge is 2.21. The summed E-state index contributed by atoms with van der Waals surface area (Å²) in [6, 6.07) is 15.1. The summed E-state index contributed by atoms with van der Waals surface area (Å²) in [6.07, 6.45) is 1.85. The number of fused-ring (bicyclic) bond motifs is 4. The van der Waals surface area contributed by atoms with E-state index < -0.39 is 0 Å². The number of thiophene rings is 1. The van der Waals surface area contributed by atoms with Gasteiger partial charge in [0.05, 0.1) is 15.9 Å². The molecule has 0 aliphatic carbocycles. The Hall–Kier alpha value is -2.92. The van der Waals surface area contributed by atoms with Crippen molar-refractivity contribution in [3.63, 3.8) is 0 Å². The number of hydrogen-bond acceptors (Lipinski definition) is 3. The second kappa shape index (κ2) is 6.04. The first-order valence-electron chi connectivity index (χ1n) is 9.74. The number of aryl methyl sites for hydroxylation is 2. The van der Waals surface area contributed by atoms with Gasteiger partial charge in [-0.1, -0.05) is 45.0 Å². The van der Waals surface area contributed by atoms with Crippen molar-refractivity contribution < 1.29 is 0 Å². The van der Waals surface area contributed by atoms with E-state index in [1.807, 2.05) is 26.4 Å². The van der Waals surface area contributed by atoms with E-state index in [0.29, 0.717) is 0 Å². The van der Waals surface area contributed by atoms with Crippen LogP contribution in [0, 0.1) is 0 Å². The molecular formula is C24H23N3OS. The van der Waals surface area contributed by atoms with E-state index in [0.717, 1.165) is 31.7 Å². The minimum absolute atomic E-state index is 0.00670. The van der Waals surface area contributed by atoms with Crippen molar-refractivity contribution in [2.45, 2.75) is 26.2 Å². The molecule has 5 aromatic rings. The predicted octanol–water partition coefficient (Wildman–Crippen LogP) is 5.60. The van der Waals surface area contributed by atoms with Crippen LogP contribution in [0.1, 0.15) is 26.3 Å². The van der Waals surface area contributed by atoms with E-state index in [-0.39, 0.29) is 11.1 Å². The zero-order chi connectivity index (χ0) is 20.5. The summed E-state index contributed by atoms with van der Waals surface area (Å²) in [5.74, 6) is 0. The molecule has 5 rings (SSSR count). The topological polar surface area (TPSA) is 39.8 Å². The van der Waals surface area contributed by atoms with Crippen LogP contribution in [0.3, 0.4) is 0 Å². The van der Waals surface area contributed by atoms with E-state index >= 15 is 0 Å². The van der Waals surface area contributed by atoms with Crippen molar-refractivity contribution >= 4 is 42.5 Å². The Morgan fingerprint density at radius 1 is 0.966 bits per heavy atom. The molecule has 5 heteroatoms. The van der Waals surface area contributed by atoms with Crippen LogP contribution in [0.25, 0.3) is 42.5 Å². The smallest absolute Gasteiger partial charge is 0.294 e. The summed E-state index contributed by atoms with van der Waals surface area (Å²) < 4.78 is 4.59. The van der Waals surface area contributed by atoms with Crippen LogP contribution in [0.4, 0.5) is 0 Å². The molecule has 0 N–H and O–H groups in total. The number of benzene rings is 2. The molecule has 3 aromatic heterocycles. The van der Waals surface area contributed by atoms with Gasteiger partial charge in [0.15, 0.2) is 0 Å². The molecule has 2 aromatic carbocycles. The second-order valence-corrected chi connectivity index (χ2v) is 9.69. The first-order valence-corrected chi connectivity index (χ1v) is 10.6. The quantitative estimate of drug-likeness (QED) is 0.366. The molecule has 3 heterocycles. The molecule has 0 bridgehead atoms. The zero-order valence-corrected chi connectivity index (χ0v) is 18.1. The van der Waals surface area contributed by atoms with Crippen molar-refractivity contribution in [2.75, 3.05) is 0 Å². The fourth-order valence-corrected chi connectivity index (χ4v) is 5.52. The van der Waals surface area contributed by atoms with Crippen LogP contribution in [0.15, 0.2) is 53.5 Å². The third-order valence-electron chi connectivity index (χ3n) is 5.72. The van der Waals surface area contributed by atoms with E-state index in [4.69, 9.17) is 4.98 Å². The lowest BCUT2D eigenvalue weighted by molar-refractivity contribution is 0.596. The van der Waals surface area contributed by atoms with Gasteiger partial charge < -0.3 is 0 Å². The molecule has 146 valence electrons. The fourth-order valence-electron chi connectivity index (χ4n) is 4.23. The Morgan fingerprint density at radius 2 is 1.72 bits per heavy atom. The van der Waals surface area contributed by atoms with E-state index in [1.54, 1.807) is 20.5 Å². The molecule has 0 spiro atoms. The van der Waals surface area contributed by atoms with Gasteiger partial charge >= 0.3 is 5.69 Å². The molecule has 0 fully saturated rings. The van der Waals surface area contributed by atoms with E-state index in [1.165, 1.54) is 16.3 Å². The summed E-state index contributed by atoms with van der Waals surface area (Å²) >= 11 is 1.64. The maximum atomic E-state index is 12.4. The third kappa shape index (κ3) is 2.57. The fraction of sp³-hybridized carbons (Fsp3) is 0.250. The average molecular weight is 402 g/mol.